The molecule has 0 saturated heterocycles. The lowest BCUT2D eigenvalue weighted by molar-refractivity contribution is 1.06. The lowest BCUT2D eigenvalue weighted by Crippen LogP contribution is -2.04. The van der Waals surface area contributed by atoms with Gasteiger partial charge < -0.3 is 9.13 Å². The molecule has 0 bridgehead atoms. The second kappa shape index (κ2) is 16.4. The van der Waals surface area contributed by atoms with Gasteiger partial charge in [-0.25, -0.2) is 15.0 Å². The summed E-state index contributed by atoms with van der Waals surface area (Å²) < 4.78 is 4.83. The highest BCUT2D eigenvalue weighted by molar-refractivity contribution is 6.13. The second-order valence-corrected chi connectivity index (χ2v) is 17.2. The van der Waals surface area contributed by atoms with E-state index in [1.54, 1.807) is 0 Å². The molecular weight excluding hydrogens is 827 g/mol. The van der Waals surface area contributed by atoms with E-state index in [0.29, 0.717) is 17.5 Å². The highest BCUT2D eigenvalue weighted by Crippen LogP contribution is 2.41. The molecule has 0 aliphatic heterocycles. The molecule has 0 spiro atoms. The molecule has 13 rings (SSSR count). The minimum absolute atomic E-state index is 0.599. The molecule has 0 saturated carbocycles. The van der Waals surface area contributed by atoms with Gasteiger partial charge in [0.2, 0.25) is 0 Å². The standard InChI is InChI=1S/C63H41N5/c1-5-18-42(19-6-1)46-26-17-27-49(38-46)62-64-61(45-24-11-4-12-25-45)65-63(66-62)54-29-14-16-31-57(54)68-56-30-15-13-28-51(56)52-36-34-50(41-60(52)68)67-58-37-33-47(43-20-7-2-8-21-43)39-55(58)53-35-32-48(40-59(53)67)44-22-9-3-10-23-44/h1-41H. The van der Waals surface area contributed by atoms with Crippen molar-refractivity contribution in [2.24, 2.45) is 0 Å². The number of nitrogens with zero attached hydrogens (tertiary/aromatic N) is 5. The summed E-state index contributed by atoms with van der Waals surface area (Å²) in [4.78, 5) is 15.7. The van der Waals surface area contributed by atoms with Crippen LogP contribution >= 0.6 is 0 Å². The molecule has 10 aromatic carbocycles. The molecule has 0 fully saturated rings. The molecule has 3 heterocycles. The first-order valence-electron chi connectivity index (χ1n) is 23.0. The minimum Gasteiger partial charge on any atom is -0.309 e. The van der Waals surface area contributed by atoms with E-state index in [0.717, 1.165) is 66.6 Å². The summed E-state index contributed by atoms with van der Waals surface area (Å²) >= 11 is 0. The van der Waals surface area contributed by atoms with E-state index < -0.39 is 0 Å². The zero-order valence-electron chi connectivity index (χ0n) is 36.9. The van der Waals surface area contributed by atoms with E-state index in [1.165, 1.54) is 38.4 Å². The maximum atomic E-state index is 5.31. The molecule has 0 aliphatic rings. The van der Waals surface area contributed by atoms with Crippen LogP contribution in [-0.2, 0) is 0 Å². The number of hydrogen-bond acceptors (Lipinski definition) is 3. The number of benzene rings is 10. The molecule has 0 aliphatic carbocycles. The van der Waals surface area contributed by atoms with E-state index >= 15 is 0 Å². The Bertz CT molecular complexity index is 4010. The summed E-state index contributed by atoms with van der Waals surface area (Å²) in [5.41, 5.74) is 16.3. The van der Waals surface area contributed by atoms with E-state index in [-0.39, 0.29) is 0 Å². The quantitative estimate of drug-likeness (QED) is 0.153. The maximum Gasteiger partial charge on any atom is 0.166 e. The van der Waals surface area contributed by atoms with Gasteiger partial charge in [0.25, 0.3) is 0 Å². The Morgan fingerprint density at radius 2 is 0.706 bits per heavy atom. The fraction of sp³-hybridized carbons (Fsp3) is 0. The minimum atomic E-state index is 0.599. The fourth-order valence-electron chi connectivity index (χ4n) is 9.94. The van der Waals surface area contributed by atoms with Gasteiger partial charge in [-0.3, -0.25) is 0 Å². The van der Waals surface area contributed by atoms with Crippen molar-refractivity contribution in [1.82, 2.24) is 24.1 Å². The van der Waals surface area contributed by atoms with Gasteiger partial charge in [-0.1, -0.05) is 194 Å². The van der Waals surface area contributed by atoms with Gasteiger partial charge in [0.15, 0.2) is 17.5 Å². The topological polar surface area (TPSA) is 48.5 Å². The van der Waals surface area contributed by atoms with Crippen LogP contribution in [0.15, 0.2) is 249 Å². The highest BCUT2D eigenvalue weighted by Gasteiger charge is 2.21. The average Bonchev–Trinajstić information content (AvgIpc) is 3.93. The molecule has 0 radical (unpaired) electrons. The lowest BCUT2D eigenvalue weighted by Gasteiger charge is -2.15. The Kier molecular flexibility index (Phi) is 9.43. The first kappa shape index (κ1) is 39.2. The fourth-order valence-corrected chi connectivity index (χ4v) is 9.94. The van der Waals surface area contributed by atoms with Crippen LogP contribution < -0.4 is 0 Å². The first-order valence-corrected chi connectivity index (χ1v) is 23.0. The Hall–Kier alpha value is -9.19. The van der Waals surface area contributed by atoms with Gasteiger partial charge >= 0.3 is 0 Å². The molecule has 5 nitrogen and oxygen atoms in total. The predicted molar refractivity (Wildman–Crippen MR) is 281 cm³/mol. The van der Waals surface area contributed by atoms with Gasteiger partial charge in [-0.2, -0.15) is 0 Å². The molecule has 0 amide bonds. The average molecular weight is 868 g/mol. The van der Waals surface area contributed by atoms with E-state index in [1.807, 2.05) is 24.3 Å². The van der Waals surface area contributed by atoms with Gasteiger partial charge in [0.05, 0.1) is 27.8 Å². The normalized spacial score (nSPS) is 11.5. The van der Waals surface area contributed by atoms with Crippen LogP contribution in [0.25, 0.3) is 123 Å². The number of hydrogen-bond donors (Lipinski definition) is 0. The van der Waals surface area contributed by atoms with Crippen molar-refractivity contribution < 1.29 is 0 Å². The van der Waals surface area contributed by atoms with Crippen molar-refractivity contribution in [2.75, 3.05) is 0 Å². The Morgan fingerprint density at radius 1 is 0.235 bits per heavy atom. The molecular formula is C63H41N5. The number of fused-ring (bicyclic) bond motifs is 6. The van der Waals surface area contributed by atoms with E-state index in [9.17, 15) is 0 Å². The van der Waals surface area contributed by atoms with Crippen LogP contribution in [0.1, 0.15) is 0 Å². The summed E-state index contributed by atoms with van der Waals surface area (Å²) in [5.74, 6) is 1.83. The zero-order valence-corrected chi connectivity index (χ0v) is 36.9. The Labute approximate surface area is 393 Å². The summed E-state index contributed by atoms with van der Waals surface area (Å²) in [6.45, 7) is 0. The summed E-state index contributed by atoms with van der Waals surface area (Å²) in [7, 11) is 0. The summed E-state index contributed by atoms with van der Waals surface area (Å²) in [6, 6.07) is 88.3. The lowest BCUT2D eigenvalue weighted by atomic mass is 10.0. The van der Waals surface area contributed by atoms with Crippen molar-refractivity contribution in [3.05, 3.63) is 249 Å². The first-order chi connectivity index (χ1) is 33.7. The largest absolute Gasteiger partial charge is 0.309 e. The molecule has 68 heavy (non-hydrogen) atoms. The van der Waals surface area contributed by atoms with Crippen molar-refractivity contribution in [3.63, 3.8) is 0 Å². The molecule has 0 atom stereocenters. The number of para-hydroxylation sites is 2. The van der Waals surface area contributed by atoms with Crippen molar-refractivity contribution in [2.45, 2.75) is 0 Å². The zero-order chi connectivity index (χ0) is 45.0. The van der Waals surface area contributed by atoms with Crippen LogP contribution in [-0.4, -0.2) is 24.1 Å². The predicted octanol–water partition coefficient (Wildman–Crippen LogP) is 16.1. The second-order valence-electron chi connectivity index (χ2n) is 17.2. The van der Waals surface area contributed by atoms with Crippen molar-refractivity contribution in [1.29, 1.82) is 0 Å². The van der Waals surface area contributed by atoms with Gasteiger partial charge in [0.1, 0.15) is 0 Å². The Balaban J connectivity index is 1.03. The maximum absolute atomic E-state index is 5.31. The highest BCUT2D eigenvalue weighted by atomic mass is 15.1. The van der Waals surface area contributed by atoms with Crippen LogP contribution in [0.5, 0.6) is 0 Å². The smallest absolute Gasteiger partial charge is 0.166 e. The molecule has 5 heteroatoms. The molecule has 0 N–H and O–H groups in total. The van der Waals surface area contributed by atoms with Gasteiger partial charge in [0, 0.05) is 43.9 Å². The third-order valence-electron chi connectivity index (χ3n) is 13.2. The molecule has 318 valence electrons. The SMILES string of the molecule is c1ccc(-c2cccc(-c3nc(-c4ccccc4)nc(-c4ccccc4-n4c5ccccc5c5ccc(-n6c7ccc(-c8ccccc8)cc7c7ccc(-c8ccccc8)cc76)cc54)n3)c2)cc1. The third-order valence-corrected chi connectivity index (χ3v) is 13.2. The van der Waals surface area contributed by atoms with Gasteiger partial charge in [-0.05, 0) is 88.0 Å². The Morgan fingerprint density at radius 3 is 1.43 bits per heavy atom. The molecule has 3 aromatic heterocycles. The van der Waals surface area contributed by atoms with E-state index in [4.69, 9.17) is 15.0 Å². The van der Waals surface area contributed by atoms with Crippen LogP contribution in [0.3, 0.4) is 0 Å². The number of aromatic nitrogens is 5. The van der Waals surface area contributed by atoms with Crippen LogP contribution in [0.2, 0.25) is 0 Å². The number of rotatable bonds is 8. The van der Waals surface area contributed by atoms with Crippen molar-refractivity contribution >= 4 is 43.6 Å². The van der Waals surface area contributed by atoms with Gasteiger partial charge in [-0.15, -0.1) is 0 Å². The van der Waals surface area contributed by atoms with Crippen LogP contribution in [0, 0.1) is 0 Å². The summed E-state index contributed by atoms with van der Waals surface area (Å²) in [6.07, 6.45) is 0. The van der Waals surface area contributed by atoms with Crippen LogP contribution in [0.4, 0.5) is 0 Å². The third kappa shape index (κ3) is 6.76. The molecule has 13 aromatic rings. The summed E-state index contributed by atoms with van der Waals surface area (Å²) in [5, 5.41) is 4.75. The molecule has 0 unspecified atom stereocenters. The van der Waals surface area contributed by atoms with E-state index in [2.05, 4.69) is 234 Å². The van der Waals surface area contributed by atoms with Crippen molar-refractivity contribution in [3.8, 4) is 78.9 Å². The monoisotopic (exact) mass is 867 g/mol.